The number of thiophene rings is 1. The Balaban J connectivity index is 2.32. The summed E-state index contributed by atoms with van der Waals surface area (Å²) in [5.41, 5.74) is 0. The highest BCUT2D eigenvalue weighted by Crippen LogP contribution is 2.26. The van der Waals surface area contributed by atoms with Crippen LogP contribution in [0.3, 0.4) is 0 Å². The predicted molar refractivity (Wildman–Crippen MR) is 78.6 cm³/mol. The normalized spacial score (nSPS) is 10.7. The van der Waals surface area contributed by atoms with Crippen LogP contribution in [-0.2, 0) is 4.79 Å². The van der Waals surface area contributed by atoms with Gasteiger partial charge in [-0.05, 0) is 17.9 Å². The molecule has 2 aromatic rings. The zero-order chi connectivity index (χ0) is 13.8. The van der Waals surface area contributed by atoms with Crippen LogP contribution in [0.25, 0.3) is 10.2 Å². The van der Waals surface area contributed by atoms with E-state index in [-0.39, 0.29) is 5.91 Å². The number of rotatable bonds is 5. The molecule has 5 nitrogen and oxygen atoms in total. The first kappa shape index (κ1) is 13.7. The van der Waals surface area contributed by atoms with Gasteiger partial charge in [0.15, 0.2) is 0 Å². The van der Waals surface area contributed by atoms with E-state index >= 15 is 0 Å². The van der Waals surface area contributed by atoms with E-state index in [0.717, 1.165) is 29.0 Å². The van der Waals surface area contributed by atoms with E-state index in [4.69, 9.17) is 0 Å². The van der Waals surface area contributed by atoms with E-state index in [1.807, 2.05) is 16.3 Å². The van der Waals surface area contributed by atoms with E-state index in [0.29, 0.717) is 6.54 Å². The van der Waals surface area contributed by atoms with E-state index in [2.05, 4.69) is 16.9 Å². The molecule has 0 aliphatic carbocycles. The smallest absolute Gasteiger partial charge is 0.241 e. The van der Waals surface area contributed by atoms with Crippen LogP contribution < -0.4 is 4.90 Å². The van der Waals surface area contributed by atoms with Gasteiger partial charge < -0.3 is 9.80 Å². The van der Waals surface area contributed by atoms with Gasteiger partial charge in [0.2, 0.25) is 5.91 Å². The molecule has 0 aromatic carbocycles. The topological polar surface area (TPSA) is 49.3 Å². The van der Waals surface area contributed by atoms with Gasteiger partial charge in [-0.3, -0.25) is 4.79 Å². The SMILES string of the molecule is CCCN(CC(=O)N(C)C)c1ncnc2sccc12. The average molecular weight is 278 g/mol. The fourth-order valence-electron chi connectivity index (χ4n) is 1.86. The number of aromatic nitrogens is 2. The van der Waals surface area contributed by atoms with Crippen molar-refractivity contribution in [2.24, 2.45) is 0 Å². The number of nitrogens with zero attached hydrogens (tertiary/aromatic N) is 4. The van der Waals surface area contributed by atoms with Crippen LogP contribution in [0.5, 0.6) is 0 Å². The molecule has 1 amide bonds. The number of hydrogen-bond donors (Lipinski definition) is 0. The minimum absolute atomic E-state index is 0.0791. The number of anilines is 1. The summed E-state index contributed by atoms with van der Waals surface area (Å²) in [5.74, 6) is 0.929. The summed E-state index contributed by atoms with van der Waals surface area (Å²) >= 11 is 1.59. The first-order valence-corrected chi connectivity index (χ1v) is 7.14. The largest absolute Gasteiger partial charge is 0.347 e. The lowest BCUT2D eigenvalue weighted by molar-refractivity contribution is -0.127. The number of hydrogen-bond acceptors (Lipinski definition) is 5. The predicted octanol–water partition coefficient (Wildman–Crippen LogP) is 2.00. The van der Waals surface area contributed by atoms with Crippen molar-refractivity contribution >= 4 is 33.3 Å². The summed E-state index contributed by atoms with van der Waals surface area (Å²) in [4.78, 5) is 25.1. The fourth-order valence-corrected chi connectivity index (χ4v) is 2.59. The van der Waals surface area contributed by atoms with Crippen LogP contribution in [0.4, 0.5) is 5.82 Å². The molecule has 0 unspecified atom stereocenters. The van der Waals surface area contributed by atoms with Crippen LogP contribution in [0.2, 0.25) is 0 Å². The standard InChI is InChI=1S/C13H18N4OS/c1-4-6-17(8-11(18)16(2)3)12-10-5-7-19-13(10)15-9-14-12/h5,7,9H,4,6,8H2,1-3H3. The van der Waals surface area contributed by atoms with Crippen molar-refractivity contribution in [3.63, 3.8) is 0 Å². The molecule has 0 fully saturated rings. The zero-order valence-corrected chi connectivity index (χ0v) is 12.3. The van der Waals surface area contributed by atoms with Gasteiger partial charge in [0.25, 0.3) is 0 Å². The molecular formula is C13H18N4OS. The Kier molecular flexibility index (Phi) is 4.31. The van der Waals surface area contributed by atoms with Gasteiger partial charge in [-0.15, -0.1) is 11.3 Å². The lowest BCUT2D eigenvalue weighted by atomic mass is 10.3. The maximum atomic E-state index is 11.9. The molecule has 102 valence electrons. The highest BCUT2D eigenvalue weighted by Gasteiger charge is 2.16. The van der Waals surface area contributed by atoms with Gasteiger partial charge in [0.05, 0.1) is 11.9 Å². The van der Waals surface area contributed by atoms with Crippen LogP contribution in [0, 0.1) is 0 Å². The maximum absolute atomic E-state index is 11.9. The molecule has 0 radical (unpaired) electrons. The number of fused-ring (bicyclic) bond motifs is 1. The molecule has 0 bridgehead atoms. The summed E-state index contributed by atoms with van der Waals surface area (Å²) in [5, 5.41) is 3.02. The van der Waals surface area contributed by atoms with Crippen molar-refractivity contribution < 1.29 is 4.79 Å². The molecule has 2 heterocycles. The van der Waals surface area contributed by atoms with Gasteiger partial charge in [-0.1, -0.05) is 6.92 Å². The fraction of sp³-hybridized carbons (Fsp3) is 0.462. The third kappa shape index (κ3) is 3.01. The Bertz CT molecular complexity index is 567. The molecule has 0 N–H and O–H groups in total. The first-order chi connectivity index (χ1) is 9.13. The molecule has 0 aliphatic rings. The quantitative estimate of drug-likeness (QED) is 0.839. The van der Waals surface area contributed by atoms with Crippen molar-refractivity contribution in [1.82, 2.24) is 14.9 Å². The van der Waals surface area contributed by atoms with Gasteiger partial charge in [-0.2, -0.15) is 0 Å². The van der Waals surface area contributed by atoms with Crippen LogP contribution in [0.15, 0.2) is 17.8 Å². The van der Waals surface area contributed by atoms with Crippen LogP contribution in [0.1, 0.15) is 13.3 Å². The average Bonchev–Trinajstić information content (AvgIpc) is 2.86. The van der Waals surface area contributed by atoms with E-state index < -0.39 is 0 Å². The Morgan fingerprint density at radius 2 is 2.16 bits per heavy atom. The lowest BCUT2D eigenvalue weighted by Gasteiger charge is -2.24. The highest BCUT2D eigenvalue weighted by molar-refractivity contribution is 7.16. The lowest BCUT2D eigenvalue weighted by Crippen LogP contribution is -2.37. The highest BCUT2D eigenvalue weighted by atomic mass is 32.1. The van der Waals surface area contributed by atoms with Crippen molar-refractivity contribution in [1.29, 1.82) is 0 Å². The molecule has 0 atom stereocenters. The van der Waals surface area contributed by atoms with Crippen LogP contribution >= 0.6 is 11.3 Å². The molecule has 0 saturated heterocycles. The van der Waals surface area contributed by atoms with Crippen molar-refractivity contribution in [3.8, 4) is 0 Å². The monoisotopic (exact) mass is 278 g/mol. The summed E-state index contributed by atoms with van der Waals surface area (Å²) in [6.45, 7) is 3.25. The molecule has 19 heavy (non-hydrogen) atoms. The van der Waals surface area contributed by atoms with Crippen molar-refractivity contribution in [2.45, 2.75) is 13.3 Å². The third-order valence-corrected chi connectivity index (χ3v) is 3.68. The second-order valence-electron chi connectivity index (χ2n) is 4.55. The molecule has 6 heteroatoms. The van der Waals surface area contributed by atoms with Gasteiger partial charge >= 0.3 is 0 Å². The third-order valence-electron chi connectivity index (χ3n) is 2.86. The number of amides is 1. The van der Waals surface area contributed by atoms with E-state index in [1.165, 1.54) is 0 Å². The Morgan fingerprint density at radius 3 is 2.84 bits per heavy atom. The minimum atomic E-state index is 0.0791. The number of likely N-dealkylation sites (N-methyl/N-ethyl adjacent to an activating group) is 1. The molecule has 2 rings (SSSR count). The number of carbonyl (C=O) groups is 1. The molecule has 0 saturated carbocycles. The minimum Gasteiger partial charge on any atom is -0.347 e. The summed E-state index contributed by atoms with van der Waals surface area (Å²) in [6.07, 6.45) is 2.54. The van der Waals surface area contributed by atoms with E-state index in [1.54, 1.807) is 36.7 Å². The van der Waals surface area contributed by atoms with Crippen LogP contribution in [-0.4, -0.2) is 48.0 Å². The molecule has 2 aromatic heterocycles. The summed E-state index contributed by atoms with van der Waals surface area (Å²) in [6, 6.07) is 2.01. The molecular weight excluding hydrogens is 260 g/mol. The van der Waals surface area contributed by atoms with Crippen molar-refractivity contribution in [3.05, 3.63) is 17.8 Å². The van der Waals surface area contributed by atoms with Crippen molar-refractivity contribution in [2.75, 3.05) is 32.1 Å². The number of carbonyl (C=O) groups excluding carboxylic acids is 1. The second-order valence-corrected chi connectivity index (χ2v) is 5.44. The summed E-state index contributed by atoms with van der Waals surface area (Å²) in [7, 11) is 3.54. The van der Waals surface area contributed by atoms with Gasteiger partial charge in [-0.25, -0.2) is 9.97 Å². The first-order valence-electron chi connectivity index (χ1n) is 6.26. The van der Waals surface area contributed by atoms with Gasteiger partial charge in [0, 0.05) is 20.6 Å². The van der Waals surface area contributed by atoms with E-state index in [9.17, 15) is 4.79 Å². The Morgan fingerprint density at radius 1 is 1.37 bits per heavy atom. The Labute approximate surface area is 116 Å². The maximum Gasteiger partial charge on any atom is 0.241 e. The molecule has 0 spiro atoms. The zero-order valence-electron chi connectivity index (χ0n) is 11.5. The second kappa shape index (κ2) is 5.97. The molecule has 0 aliphatic heterocycles. The summed E-state index contributed by atoms with van der Waals surface area (Å²) < 4.78 is 0. The van der Waals surface area contributed by atoms with Gasteiger partial charge in [0.1, 0.15) is 17.0 Å². The Hall–Kier alpha value is -1.69.